The second-order valence-electron chi connectivity index (χ2n) is 13.1. The van der Waals surface area contributed by atoms with E-state index < -0.39 is 196 Å². The summed E-state index contributed by atoms with van der Waals surface area (Å²) in [5.74, 6) is -40.8. The topological polar surface area (TPSA) is 162 Å². The number of nitrogens with zero attached hydrogens (tertiary/aromatic N) is 3. The van der Waals surface area contributed by atoms with Gasteiger partial charge in [-0.15, -0.1) is 0 Å². The van der Waals surface area contributed by atoms with E-state index in [9.17, 15) is 65.5 Å². The number of halogens is 15. The number of hydrogen-bond donors (Lipinski definition) is 3. The molecule has 4 aromatic rings. The largest absolute Gasteiger partial charge is 0.352 e. The van der Waals surface area contributed by atoms with Gasteiger partial charge in [0.2, 0.25) is 17.5 Å². The van der Waals surface area contributed by atoms with E-state index in [0.29, 0.717) is 24.3 Å². The average Bonchev–Trinajstić information content (AvgIpc) is 4.07. The summed E-state index contributed by atoms with van der Waals surface area (Å²) >= 11 is 0. The van der Waals surface area contributed by atoms with Crippen molar-refractivity contribution >= 4 is 54.1 Å². The van der Waals surface area contributed by atoms with Gasteiger partial charge in [-0.25, -0.2) is 80.8 Å². The molecule has 3 N–H and O–H groups in total. The van der Waals surface area contributed by atoms with Crippen molar-refractivity contribution in [3.05, 3.63) is 174 Å². The van der Waals surface area contributed by atoms with Crippen LogP contribution >= 0.6 is 0 Å². The minimum absolute atomic E-state index is 0.111. The molecule has 0 spiro atoms. The highest BCUT2D eigenvalue weighted by atomic mass is 32.2. The van der Waals surface area contributed by atoms with Crippen molar-refractivity contribution < 1.29 is 91.8 Å². The molecule has 0 fully saturated rings. The molecular weight excluding hydrogens is 946 g/mol. The number of aliphatic imine (C=N–C) groups is 3. The molecule has 4 aliphatic rings. The highest BCUT2D eigenvalue weighted by Gasteiger charge is 2.40. The number of rotatable bonds is 5. The minimum Gasteiger partial charge on any atom is -0.352 e. The summed E-state index contributed by atoms with van der Waals surface area (Å²) in [6.45, 7) is 0. The van der Waals surface area contributed by atoms with Crippen molar-refractivity contribution in [3.8, 4) is 0 Å². The van der Waals surface area contributed by atoms with Crippen LogP contribution in [0.25, 0.3) is 16.7 Å². The van der Waals surface area contributed by atoms with Crippen LogP contribution in [0.2, 0.25) is 0 Å². The van der Waals surface area contributed by atoms with Gasteiger partial charge in [0.25, 0.3) is 20.2 Å². The molecule has 27 heteroatoms. The summed E-state index contributed by atoms with van der Waals surface area (Å²) in [6.07, 6.45) is 2.08. The predicted octanol–water partition coefficient (Wildman–Crippen LogP) is 8.54. The standard InChI is InChI=1S/C37H9F15N4O6S2/c38-21-18(22(39)28(45)33(50)27(21)44)15-7-1-2-9(53-7)16(19-23(40)29(46)34(51)30(47)24(19)41)11-5-13(63(57,58)59)36(55-11)12-6-14(64(60,61)62)37(56-12)17(10-4-3-8(15)54-10)20-25(42)31(48)35(52)32(49)26(20)43/h1-6,55H,(H,57,58,59)(H,60,61,62). The van der Waals surface area contributed by atoms with Gasteiger partial charge < -0.3 is 4.98 Å². The number of aromatic nitrogens is 1. The maximum atomic E-state index is 15.7. The summed E-state index contributed by atoms with van der Waals surface area (Å²) in [5.41, 5.74) is -20.7. The Labute approximate surface area is 344 Å². The summed E-state index contributed by atoms with van der Waals surface area (Å²) in [5, 5.41) is 0. The van der Waals surface area contributed by atoms with E-state index in [1.54, 1.807) is 0 Å². The van der Waals surface area contributed by atoms with Crippen LogP contribution in [0.4, 0.5) is 65.9 Å². The number of aromatic amines is 1. The molecule has 64 heavy (non-hydrogen) atoms. The lowest BCUT2D eigenvalue weighted by Crippen LogP contribution is -2.14. The Morgan fingerprint density at radius 1 is 0.422 bits per heavy atom. The summed E-state index contributed by atoms with van der Waals surface area (Å²) < 4.78 is 298. The number of allylic oxidation sites excluding steroid dienone is 7. The van der Waals surface area contributed by atoms with Crippen molar-refractivity contribution in [3.63, 3.8) is 0 Å². The average molecular weight is 955 g/mol. The third kappa shape index (κ3) is 6.39. The number of H-pyrrole nitrogens is 1. The molecule has 0 radical (unpaired) electrons. The van der Waals surface area contributed by atoms with Gasteiger partial charge in [-0.1, -0.05) is 0 Å². The highest BCUT2D eigenvalue weighted by Crippen LogP contribution is 2.44. The number of benzene rings is 3. The van der Waals surface area contributed by atoms with Crippen molar-refractivity contribution in [1.82, 2.24) is 4.98 Å². The molecule has 5 heterocycles. The molecule has 4 aliphatic heterocycles. The molecule has 1 aromatic heterocycles. The van der Waals surface area contributed by atoms with Crippen molar-refractivity contribution in [2.45, 2.75) is 4.90 Å². The van der Waals surface area contributed by atoms with Gasteiger partial charge in [-0.05, 0) is 36.4 Å². The van der Waals surface area contributed by atoms with E-state index in [0.717, 1.165) is 0 Å². The molecule has 0 amide bonds. The zero-order valence-corrected chi connectivity index (χ0v) is 31.5. The van der Waals surface area contributed by atoms with E-state index >= 15 is 26.3 Å². The van der Waals surface area contributed by atoms with E-state index in [-0.39, 0.29) is 12.1 Å². The third-order valence-electron chi connectivity index (χ3n) is 9.52. The number of fused-ring (bicyclic) bond motifs is 6. The Morgan fingerprint density at radius 3 is 1.19 bits per heavy atom. The number of hydrogen-bond acceptors (Lipinski definition) is 7. The van der Waals surface area contributed by atoms with Crippen molar-refractivity contribution in [2.75, 3.05) is 0 Å². The van der Waals surface area contributed by atoms with Gasteiger partial charge in [-0.2, -0.15) is 16.8 Å². The minimum atomic E-state index is -5.96. The lowest BCUT2D eigenvalue weighted by atomic mass is 9.96. The Morgan fingerprint density at radius 2 is 0.781 bits per heavy atom. The zero-order chi connectivity index (χ0) is 47.0. The highest BCUT2D eigenvalue weighted by molar-refractivity contribution is 7.90. The summed E-state index contributed by atoms with van der Waals surface area (Å²) in [7, 11) is -11.8. The Hall–Kier alpha value is -6.84. The fourth-order valence-electron chi connectivity index (χ4n) is 6.78. The molecule has 0 saturated carbocycles. The molecule has 8 rings (SSSR count). The molecule has 330 valence electrons. The van der Waals surface area contributed by atoms with Crippen molar-refractivity contribution in [1.29, 1.82) is 0 Å². The lowest BCUT2D eigenvalue weighted by Gasteiger charge is -2.15. The molecule has 10 nitrogen and oxygen atoms in total. The molecule has 3 aromatic carbocycles. The van der Waals surface area contributed by atoms with Crippen LogP contribution in [0, 0.1) is 87.3 Å². The summed E-state index contributed by atoms with van der Waals surface area (Å²) in [6, 6.07) is 0.160. The quantitative estimate of drug-likeness (QED) is 0.0787. The smallest absolute Gasteiger partial charge is 0.296 e. The zero-order valence-electron chi connectivity index (χ0n) is 29.8. The normalized spacial score (nSPS) is 16.2. The van der Waals surface area contributed by atoms with Gasteiger partial charge in [0.15, 0.2) is 69.8 Å². The molecule has 0 aliphatic carbocycles. The maximum absolute atomic E-state index is 15.7. The SMILES string of the molecule is O=S(=O)(O)C1=CC2=NC1=C(c1c(F)c(F)c(F)c(F)c1F)C1=NC(=C(c3c(F)c(F)c(F)c(F)c3F)C3=NC(=C(c4c(F)c(F)c(F)c(F)c4F)c4cc(S(=O)(=O)O)c2[nH]4)C=C3)C=C1. The fraction of sp³-hybridized carbons (Fsp3) is 0. The van der Waals surface area contributed by atoms with E-state index in [2.05, 4.69) is 15.0 Å². The Kier molecular flexibility index (Phi) is 9.99. The second kappa shape index (κ2) is 14.6. The second-order valence-corrected chi connectivity index (χ2v) is 15.9. The predicted molar refractivity (Wildman–Crippen MR) is 188 cm³/mol. The molecule has 0 unspecified atom stereocenters. The van der Waals surface area contributed by atoms with Gasteiger partial charge >= 0.3 is 0 Å². The van der Waals surface area contributed by atoms with Crippen LogP contribution in [-0.2, 0) is 20.2 Å². The first-order valence-corrected chi connectivity index (χ1v) is 19.5. The molecule has 0 saturated heterocycles. The van der Waals surface area contributed by atoms with Crippen LogP contribution in [0.3, 0.4) is 0 Å². The van der Waals surface area contributed by atoms with Crippen LogP contribution in [0.1, 0.15) is 28.1 Å². The third-order valence-corrected chi connectivity index (χ3v) is 11.3. The fourth-order valence-corrected chi connectivity index (χ4v) is 8.11. The molecule has 8 bridgehead atoms. The van der Waals surface area contributed by atoms with Crippen molar-refractivity contribution in [2.24, 2.45) is 15.0 Å². The molecular formula is C37H9F15N4O6S2. The molecule has 0 atom stereocenters. The van der Waals surface area contributed by atoms with Crippen LogP contribution in [0.15, 0.2) is 78.3 Å². The van der Waals surface area contributed by atoms with Crippen LogP contribution in [-0.4, -0.2) is 48.1 Å². The van der Waals surface area contributed by atoms with Gasteiger partial charge in [0.1, 0.15) is 9.80 Å². The van der Waals surface area contributed by atoms with Crippen LogP contribution in [0.5, 0.6) is 0 Å². The van der Waals surface area contributed by atoms with Gasteiger partial charge in [0, 0.05) is 16.7 Å². The van der Waals surface area contributed by atoms with Gasteiger partial charge in [-0.3, -0.25) is 9.11 Å². The van der Waals surface area contributed by atoms with Gasteiger partial charge in [0.05, 0.1) is 62.3 Å². The monoisotopic (exact) mass is 954 g/mol. The lowest BCUT2D eigenvalue weighted by molar-refractivity contribution is 0.376. The van der Waals surface area contributed by atoms with E-state index in [1.807, 2.05) is 4.98 Å². The first-order chi connectivity index (χ1) is 29.8. The first kappa shape index (κ1) is 43.8. The first-order valence-electron chi connectivity index (χ1n) is 16.6. The summed E-state index contributed by atoms with van der Waals surface area (Å²) in [4.78, 5) is 10.0. The number of nitrogens with one attached hydrogen (secondary N) is 1. The maximum Gasteiger partial charge on any atom is 0.296 e. The Balaban J connectivity index is 1.65. The van der Waals surface area contributed by atoms with Crippen LogP contribution < -0.4 is 0 Å². The Bertz CT molecular complexity index is 3400. The van der Waals surface area contributed by atoms with E-state index in [1.165, 1.54) is 0 Å². The van der Waals surface area contributed by atoms with E-state index in [4.69, 9.17) is 0 Å².